The molecule has 0 amide bonds. The van der Waals surface area contributed by atoms with Crippen LogP contribution < -0.4 is 5.32 Å². The summed E-state index contributed by atoms with van der Waals surface area (Å²) in [6, 6.07) is 0.563. The summed E-state index contributed by atoms with van der Waals surface area (Å²) in [5.41, 5.74) is 0.494. The molecule has 0 unspecified atom stereocenters. The predicted octanol–water partition coefficient (Wildman–Crippen LogP) is 4.23. The zero-order valence-electron chi connectivity index (χ0n) is 15.8. The van der Waals surface area contributed by atoms with E-state index < -0.39 is 0 Å². The Morgan fingerprint density at radius 2 is 1.62 bits per heavy atom. The molecule has 1 heterocycles. The highest BCUT2D eigenvalue weighted by Crippen LogP contribution is 2.38. The summed E-state index contributed by atoms with van der Waals surface area (Å²) >= 11 is 0. The fourth-order valence-corrected chi connectivity index (χ4v) is 4.50. The molecule has 1 aliphatic rings. The average molecular weight is 299 g/mol. The fraction of sp³-hybridized carbons (Fsp3) is 1.00. The topological polar surface area (TPSA) is 24.5 Å². The van der Waals surface area contributed by atoms with E-state index in [0.29, 0.717) is 11.5 Å². The highest BCUT2D eigenvalue weighted by molar-refractivity contribution is 4.99. The Hall–Kier alpha value is -0.120. The van der Waals surface area contributed by atoms with Gasteiger partial charge in [-0.1, -0.05) is 27.7 Å². The number of nitrogens with one attached hydrogen (secondary N) is 1. The molecule has 1 saturated heterocycles. The van der Waals surface area contributed by atoms with Crippen LogP contribution in [0.25, 0.3) is 0 Å². The van der Waals surface area contributed by atoms with Crippen molar-refractivity contribution in [1.29, 1.82) is 0 Å². The molecular weight excluding hydrogens is 260 g/mol. The first-order valence-corrected chi connectivity index (χ1v) is 8.47. The molecule has 21 heavy (non-hydrogen) atoms. The van der Waals surface area contributed by atoms with Crippen LogP contribution in [0.15, 0.2) is 0 Å². The number of hydrogen-bond acceptors (Lipinski definition) is 3. The molecular formula is C18H38N2O. The predicted molar refractivity (Wildman–Crippen MR) is 91.3 cm³/mol. The maximum atomic E-state index is 5.67. The van der Waals surface area contributed by atoms with E-state index in [1.165, 1.54) is 6.42 Å². The van der Waals surface area contributed by atoms with Crippen molar-refractivity contribution in [2.75, 3.05) is 13.7 Å². The monoisotopic (exact) mass is 298 g/mol. The van der Waals surface area contributed by atoms with Gasteiger partial charge in [-0.05, 0) is 58.3 Å². The van der Waals surface area contributed by atoms with E-state index in [2.05, 4.69) is 65.8 Å². The van der Waals surface area contributed by atoms with Crippen molar-refractivity contribution in [3.63, 3.8) is 0 Å². The molecule has 0 spiro atoms. The van der Waals surface area contributed by atoms with Crippen molar-refractivity contribution in [3.05, 3.63) is 0 Å². The van der Waals surface area contributed by atoms with E-state index in [1.54, 1.807) is 7.11 Å². The van der Waals surface area contributed by atoms with Crippen LogP contribution in [-0.4, -0.2) is 35.8 Å². The van der Waals surface area contributed by atoms with E-state index in [0.717, 1.165) is 25.3 Å². The summed E-state index contributed by atoms with van der Waals surface area (Å²) < 4.78 is 0. The Morgan fingerprint density at radius 3 is 2.00 bits per heavy atom. The lowest BCUT2D eigenvalue weighted by molar-refractivity contribution is -0.267. The molecule has 0 saturated carbocycles. The molecule has 0 radical (unpaired) electrons. The number of piperidine rings is 1. The third-order valence-electron chi connectivity index (χ3n) is 4.60. The number of nitrogens with zero attached hydrogens (tertiary/aromatic N) is 1. The van der Waals surface area contributed by atoms with Gasteiger partial charge in [0.1, 0.15) is 0 Å². The maximum Gasteiger partial charge on any atom is 0.0575 e. The molecule has 0 aromatic carbocycles. The van der Waals surface area contributed by atoms with Gasteiger partial charge in [-0.3, -0.25) is 0 Å². The molecule has 0 aromatic heterocycles. The van der Waals surface area contributed by atoms with Crippen LogP contribution in [0.2, 0.25) is 0 Å². The lowest BCUT2D eigenvalue weighted by Gasteiger charge is -2.53. The van der Waals surface area contributed by atoms with Crippen molar-refractivity contribution >= 4 is 0 Å². The van der Waals surface area contributed by atoms with Gasteiger partial charge in [0.2, 0.25) is 0 Å². The van der Waals surface area contributed by atoms with Gasteiger partial charge in [-0.15, -0.1) is 0 Å². The van der Waals surface area contributed by atoms with Crippen molar-refractivity contribution in [1.82, 2.24) is 10.4 Å². The first kappa shape index (κ1) is 18.9. The van der Waals surface area contributed by atoms with Crippen molar-refractivity contribution in [2.45, 2.75) is 91.8 Å². The van der Waals surface area contributed by atoms with Crippen LogP contribution in [0.1, 0.15) is 74.7 Å². The molecule has 1 fully saturated rings. The van der Waals surface area contributed by atoms with E-state index in [-0.39, 0.29) is 11.1 Å². The van der Waals surface area contributed by atoms with Crippen molar-refractivity contribution < 1.29 is 4.84 Å². The standard InChI is InChI=1S/C18H38N2O/c1-14(2)10-16(3,4)13-19-15-11-17(5,6)20(21-9)18(7,8)12-15/h14-15,19H,10-13H2,1-9H3. The Labute approximate surface area is 132 Å². The number of rotatable bonds is 6. The second-order valence-corrected chi connectivity index (χ2v) is 9.35. The van der Waals surface area contributed by atoms with Crippen molar-refractivity contribution in [2.24, 2.45) is 11.3 Å². The highest BCUT2D eigenvalue weighted by Gasteiger charge is 2.46. The molecule has 0 atom stereocenters. The Kier molecular flexibility index (Phi) is 5.91. The average Bonchev–Trinajstić information content (AvgIpc) is 2.22. The molecule has 0 aliphatic carbocycles. The Bertz CT molecular complexity index is 316. The first-order chi connectivity index (χ1) is 9.39. The van der Waals surface area contributed by atoms with E-state index in [9.17, 15) is 0 Å². The molecule has 1 aliphatic heterocycles. The summed E-state index contributed by atoms with van der Waals surface area (Å²) in [5.74, 6) is 0.755. The maximum absolute atomic E-state index is 5.67. The van der Waals surface area contributed by atoms with E-state index in [1.807, 2.05) is 0 Å². The molecule has 0 aromatic rings. The Morgan fingerprint density at radius 1 is 1.14 bits per heavy atom. The first-order valence-electron chi connectivity index (χ1n) is 8.47. The zero-order chi connectivity index (χ0) is 16.5. The highest BCUT2D eigenvalue weighted by atomic mass is 16.7. The lowest BCUT2D eigenvalue weighted by atomic mass is 9.78. The van der Waals surface area contributed by atoms with Gasteiger partial charge in [0.15, 0.2) is 0 Å². The number of hydrogen-bond donors (Lipinski definition) is 1. The van der Waals surface area contributed by atoms with Gasteiger partial charge < -0.3 is 10.2 Å². The molecule has 3 heteroatoms. The van der Waals surface area contributed by atoms with E-state index >= 15 is 0 Å². The zero-order valence-corrected chi connectivity index (χ0v) is 15.8. The van der Waals surface area contributed by atoms with Crippen LogP contribution in [0.5, 0.6) is 0 Å². The molecule has 3 nitrogen and oxygen atoms in total. The van der Waals surface area contributed by atoms with Gasteiger partial charge in [0.25, 0.3) is 0 Å². The smallest absolute Gasteiger partial charge is 0.0575 e. The van der Waals surface area contributed by atoms with Gasteiger partial charge in [-0.2, -0.15) is 5.06 Å². The van der Waals surface area contributed by atoms with Crippen LogP contribution in [0.4, 0.5) is 0 Å². The van der Waals surface area contributed by atoms with Crippen LogP contribution in [-0.2, 0) is 4.84 Å². The van der Waals surface area contributed by atoms with E-state index in [4.69, 9.17) is 4.84 Å². The molecule has 1 N–H and O–H groups in total. The summed E-state index contributed by atoms with van der Waals surface area (Å²) in [6.45, 7) is 19.6. The third kappa shape index (κ3) is 5.22. The summed E-state index contributed by atoms with van der Waals surface area (Å²) in [4.78, 5) is 5.67. The molecule has 1 rings (SSSR count). The molecule has 0 bridgehead atoms. The van der Waals surface area contributed by atoms with Crippen LogP contribution >= 0.6 is 0 Å². The summed E-state index contributed by atoms with van der Waals surface area (Å²) in [6.07, 6.45) is 3.52. The van der Waals surface area contributed by atoms with Crippen molar-refractivity contribution in [3.8, 4) is 0 Å². The minimum atomic E-state index is 0.0658. The SMILES string of the molecule is CON1C(C)(C)CC(NCC(C)(C)CC(C)C)CC1(C)C. The van der Waals surface area contributed by atoms with Gasteiger partial charge in [-0.25, -0.2) is 0 Å². The second-order valence-electron chi connectivity index (χ2n) is 9.35. The van der Waals surface area contributed by atoms with Gasteiger partial charge in [0, 0.05) is 23.7 Å². The largest absolute Gasteiger partial charge is 0.313 e. The normalized spacial score (nSPS) is 23.7. The lowest BCUT2D eigenvalue weighted by Crippen LogP contribution is -2.63. The quantitative estimate of drug-likeness (QED) is 0.794. The van der Waals surface area contributed by atoms with Crippen LogP contribution in [0, 0.1) is 11.3 Å². The Balaban J connectivity index is 2.66. The number of hydroxylamine groups is 2. The second kappa shape index (κ2) is 6.55. The summed E-state index contributed by atoms with van der Waals surface area (Å²) in [5, 5.41) is 6.02. The molecule has 126 valence electrons. The van der Waals surface area contributed by atoms with Gasteiger partial charge in [0.05, 0.1) is 7.11 Å². The van der Waals surface area contributed by atoms with Crippen LogP contribution in [0.3, 0.4) is 0 Å². The minimum absolute atomic E-state index is 0.0658. The summed E-state index contributed by atoms with van der Waals surface area (Å²) in [7, 11) is 1.79. The van der Waals surface area contributed by atoms with Gasteiger partial charge >= 0.3 is 0 Å². The fourth-order valence-electron chi connectivity index (χ4n) is 4.50. The third-order valence-corrected chi connectivity index (χ3v) is 4.60. The minimum Gasteiger partial charge on any atom is -0.313 e.